The van der Waals surface area contributed by atoms with Crippen LogP contribution in [0.4, 0.5) is 18.9 Å². The summed E-state index contributed by atoms with van der Waals surface area (Å²) in [6.07, 6.45) is 6.97. The molecule has 2 aromatic carbocycles. The standard InChI is InChI=1S/C26H27N3O.CHF3O3S/c1-27(2)20-11-9-18(10-12-20)15-22-23-16-21(30)13-14-24(23)29-26(22)17-25(28(29)3)19-7-5-4-6-8-19;2-1(3,4)8(5,6)7/h4-14,16-17,22-24H,15H2,1-3H3;(H,5,6,7)/p+1. The fourth-order valence-electron chi connectivity index (χ4n) is 5.01. The number of alkyl halides is 3. The first-order chi connectivity index (χ1) is 17.8. The maximum atomic E-state index is 10.7. The molecule has 0 saturated heterocycles. The van der Waals surface area contributed by atoms with E-state index in [9.17, 15) is 18.3 Å². The minimum absolute atomic E-state index is 0.226. The van der Waals surface area contributed by atoms with E-state index in [1.165, 1.54) is 28.2 Å². The van der Waals surface area contributed by atoms with Gasteiger partial charge in [0.15, 0.2) is 7.05 Å². The zero-order chi connectivity index (χ0) is 27.8. The lowest BCUT2D eigenvalue weighted by atomic mass is 9.81. The highest BCUT2D eigenvalue weighted by Gasteiger charge is 2.46. The number of halogens is 3. The van der Waals surface area contributed by atoms with Gasteiger partial charge < -0.3 is 10.0 Å². The van der Waals surface area contributed by atoms with E-state index in [-0.39, 0.29) is 12.0 Å². The topological polar surface area (TPSA) is 86.7 Å². The maximum Gasteiger partial charge on any atom is 0.522 e. The number of hydrogen-bond acceptors (Lipinski definition) is 4. The molecule has 3 aromatic rings. The third-order valence-electron chi connectivity index (χ3n) is 6.84. The fraction of sp³-hybridized carbons (Fsp3) is 0.296. The van der Waals surface area contributed by atoms with Gasteiger partial charge in [-0.1, -0.05) is 36.4 Å². The Hall–Kier alpha value is -3.57. The van der Waals surface area contributed by atoms with Gasteiger partial charge in [0.05, 0.1) is 5.69 Å². The number of benzene rings is 2. The molecule has 2 heterocycles. The van der Waals surface area contributed by atoms with Crippen molar-refractivity contribution < 1.29 is 35.9 Å². The van der Waals surface area contributed by atoms with Crippen LogP contribution in [0.3, 0.4) is 0 Å². The minimum Gasteiger partial charge on any atom is -0.508 e. The van der Waals surface area contributed by atoms with E-state index in [1.807, 2.05) is 12.2 Å². The molecular weight excluding hydrogens is 519 g/mol. The molecule has 0 amide bonds. The SMILES string of the molecule is CN(C)c1ccc(CC2c3cc(-c4ccccc4)[n+](C)n3C3C=CC(O)=CC23)cc1.O=S(=O)(O)C(F)(F)F. The highest BCUT2D eigenvalue weighted by atomic mass is 32.2. The molecular formula is C27H29F3N3O4S+. The van der Waals surface area contributed by atoms with E-state index in [1.54, 1.807) is 0 Å². The third-order valence-corrected chi connectivity index (χ3v) is 7.43. The normalized spacial score (nSPS) is 20.2. The van der Waals surface area contributed by atoms with E-state index >= 15 is 0 Å². The molecule has 0 bridgehead atoms. The average Bonchev–Trinajstić information content (AvgIpc) is 3.33. The number of allylic oxidation sites excluding steroid dienone is 3. The summed E-state index contributed by atoms with van der Waals surface area (Å²) in [6.45, 7) is 0. The summed E-state index contributed by atoms with van der Waals surface area (Å²) < 4.78 is 62.2. The Morgan fingerprint density at radius 2 is 1.66 bits per heavy atom. The average molecular weight is 549 g/mol. The first kappa shape index (κ1) is 27.5. The van der Waals surface area contributed by atoms with Gasteiger partial charge in [-0.15, -0.1) is 9.36 Å². The van der Waals surface area contributed by atoms with Crippen LogP contribution in [-0.2, 0) is 23.6 Å². The van der Waals surface area contributed by atoms with Gasteiger partial charge in [0.1, 0.15) is 11.8 Å². The predicted octanol–water partition coefficient (Wildman–Crippen LogP) is 4.95. The molecule has 202 valence electrons. The molecule has 3 unspecified atom stereocenters. The van der Waals surface area contributed by atoms with Crippen LogP contribution < -0.4 is 9.58 Å². The van der Waals surface area contributed by atoms with E-state index in [0.717, 1.165) is 6.42 Å². The summed E-state index contributed by atoms with van der Waals surface area (Å²) in [4.78, 5) is 2.12. The van der Waals surface area contributed by atoms with Crippen LogP contribution in [0.25, 0.3) is 11.3 Å². The number of hydrogen-bond donors (Lipinski definition) is 2. The first-order valence-electron chi connectivity index (χ1n) is 11.8. The quantitative estimate of drug-likeness (QED) is 0.274. The van der Waals surface area contributed by atoms with Crippen molar-refractivity contribution >= 4 is 15.8 Å². The van der Waals surface area contributed by atoms with Crippen LogP contribution in [0.1, 0.15) is 23.2 Å². The lowest BCUT2D eigenvalue weighted by Crippen LogP contribution is -2.42. The van der Waals surface area contributed by atoms with E-state index in [2.05, 4.69) is 102 Å². The van der Waals surface area contributed by atoms with Crippen molar-refractivity contribution in [3.05, 3.63) is 95.9 Å². The summed E-state index contributed by atoms with van der Waals surface area (Å²) >= 11 is 0. The number of aliphatic hydroxyl groups excluding tert-OH is 1. The largest absolute Gasteiger partial charge is 0.522 e. The van der Waals surface area contributed by atoms with Gasteiger partial charge >= 0.3 is 15.6 Å². The molecule has 38 heavy (non-hydrogen) atoms. The van der Waals surface area contributed by atoms with Crippen LogP contribution in [-0.4, -0.2) is 42.4 Å². The van der Waals surface area contributed by atoms with Crippen LogP contribution >= 0.6 is 0 Å². The van der Waals surface area contributed by atoms with Gasteiger partial charge in [-0.25, -0.2) is 0 Å². The zero-order valence-corrected chi connectivity index (χ0v) is 21.9. The molecule has 0 spiro atoms. The Morgan fingerprint density at radius 3 is 2.21 bits per heavy atom. The predicted molar refractivity (Wildman–Crippen MR) is 138 cm³/mol. The van der Waals surface area contributed by atoms with Crippen molar-refractivity contribution in [3.8, 4) is 11.3 Å². The Labute approximate surface area is 219 Å². The minimum atomic E-state index is -5.84. The molecule has 1 aromatic heterocycles. The maximum absolute atomic E-state index is 10.7. The second-order valence-corrected chi connectivity index (χ2v) is 10.9. The van der Waals surface area contributed by atoms with Gasteiger partial charge in [0.2, 0.25) is 5.69 Å². The van der Waals surface area contributed by atoms with Crippen molar-refractivity contribution in [1.82, 2.24) is 4.68 Å². The lowest BCUT2D eigenvalue weighted by Gasteiger charge is -2.22. The molecule has 3 atom stereocenters. The van der Waals surface area contributed by atoms with Crippen LogP contribution in [0, 0.1) is 5.92 Å². The Bertz CT molecular complexity index is 1460. The zero-order valence-electron chi connectivity index (χ0n) is 21.0. The summed E-state index contributed by atoms with van der Waals surface area (Å²) in [7, 11) is 0.434. The van der Waals surface area contributed by atoms with Crippen molar-refractivity contribution in [3.63, 3.8) is 0 Å². The molecule has 1 aliphatic carbocycles. The summed E-state index contributed by atoms with van der Waals surface area (Å²) in [5.74, 6) is 0.950. The van der Waals surface area contributed by atoms with Gasteiger partial charge in [0.25, 0.3) is 0 Å². The van der Waals surface area contributed by atoms with Crippen LogP contribution in [0.2, 0.25) is 0 Å². The Balaban J connectivity index is 0.000000368. The van der Waals surface area contributed by atoms with E-state index in [0.29, 0.717) is 11.7 Å². The lowest BCUT2D eigenvalue weighted by molar-refractivity contribution is -0.745. The summed E-state index contributed by atoms with van der Waals surface area (Å²) in [5, 5.41) is 10.2. The molecule has 0 saturated carbocycles. The molecule has 2 N–H and O–H groups in total. The second-order valence-electron chi connectivity index (χ2n) is 9.50. The van der Waals surface area contributed by atoms with Crippen molar-refractivity contribution in [2.45, 2.75) is 23.9 Å². The monoisotopic (exact) mass is 548 g/mol. The highest BCUT2D eigenvalue weighted by Crippen LogP contribution is 2.47. The summed E-state index contributed by atoms with van der Waals surface area (Å²) in [6, 6.07) is 22.0. The van der Waals surface area contributed by atoms with Crippen LogP contribution in [0.15, 0.2) is 84.7 Å². The van der Waals surface area contributed by atoms with Gasteiger partial charge in [0, 0.05) is 43.2 Å². The van der Waals surface area contributed by atoms with Gasteiger partial charge in [-0.3, -0.25) is 4.55 Å². The van der Waals surface area contributed by atoms with Crippen LogP contribution in [0.5, 0.6) is 0 Å². The van der Waals surface area contributed by atoms with Gasteiger partial charge in [-0.05, 0) is 48.4 Å². The molecule has 1 aliphatic heterocycles. The molecule has 0 fully saturated rings. The number of fused-ring (bicyclic) bond motifs is 3. The first-order valence-corrected chi connectivity index (χ1v) is 13.3. The highest BCUT2D eigenvalue weighted by molar-refractivity contribution is 7.86. The van der Waals surface area contributed by atoms with E-state index < -0.39 is 15.6 Å². The molecule has 5 rings (SSSR count). The van der Waals surface area contributed by atoms with Gasteiger partial charge in [-0.2, -0.15) is 21.6 Å². The number of nitrogens with zero attached hydrogens (tertiary/aromatic N) is 3. The fourth-order valence-corrected chi connectivity index (χ4v) is 5.01. The number of aliphatic hydroxyl groups is 1. The van der Waals surface area contributed by atoms with Crippen molar-refractivity contribution in [2.75, 3.05) is 19.0 Å². The van der Waals surface area contributed by atoms with Crippen molar-refractivity contribution in [1.29, 1.82) is 0 Å². The number of rotatable bonds is 4. The number of aromatic nitrogens is 2. The Morgan fingerprint density at radius 1 is 1.05 bits per heavy atom. The molecule has 11 heteroatoms. The van der Waals surface area contributed by atoms with Crippen molar-refractivity contribution in [2.24, 2.45) is 13.0 Å². The third kappa shape index (κ3) is 5.48. The molecule has 2 aliphatic rings. The molecule has 7 nitrogen and oxygen atoms in total. The second kappa shape index (κ2) is 10.3. The molecule has 0 radical (unpaired) electrons. The summed E-state index contributed by atoms with van der Waals surface area (Å²) in [5.41, 5.74) is 0.786. The Kier molecular flexibility index (Phi) is 7.44. The number of anilines is 1. The van der Waals surface area contributed by atoms with E-state index in [4.69, 9.17) is 13.0 Å². The smallest absolute Gasteiger partial charge is 0.508 e.